The predicted molar refractivity (Wildman–Crippen MR) is 141 cm³/mol. The molecule has 3 aromatic rings. The largest absolute Gasteiger partial charge is 0.455 e. The highest BCUT2D eigenvalue weighted by Crippen LogP contribution is 2.23. The van der Waals surface area contributed by atoms with E-state index in [0.29, 0.717) is 38.5 Å². The molecule has 2 amide bonds. The lowest BCUT2D eigenvalue weighted by atomic mass is 9.87. The van der Waals surface area contributed by atoms with Gasteiger partial charge in [-0.25, -0.2) is 0 Å². The summed E-state index contributed by atoms with van der Waals surface area (Å²) in [6.45, 7) is 12.6. The Morgan fingerprint density at radius 1 is 0.778 bits per heavy atom. The molecule has 1 aliphatic rings. The maximum Gasteiger partial charge on any atom is 0.289 e. The lowest BCUT2D eigenvalue weighted by Crippen LogP contribution is -2.50. The Hall–Kier alpha value is -3.38. The Balaban J connectivity index is 1.45. The molecule has 36 heavy (non-hydrogen) atoms. The third-order valence-electron chi connectivity index (χ3n) is 6.74. The molecule has 1 aliphatic heterocycles. The van der Waals surface area contributed by atoms with Gasteiger partial charge in [-0.2, -0.15) is 0 Å². The summed E-state index contributed by atoms with van der Waals surface area (Å²) in [5.41, 5.74) is 3.91. The zero-order chi connectivity index (χ0) is 25.7. The first-order chi connectivity index (χ1) is 17.2. The molecule has 0 bridgehead atoms. The Morgan fingerprint density at radius 2 is 1.36 bits per heavy atom. The minimum atomic E-state index is -0.114. The van der Waals surface area contributed by atoms with Crippen molar-refractivity contribution in [3.05, 3.63) is 94.9 Å². The van der Waals surface area contributed by atoms with Gasteiger partial charge >= 0.3 is 0 Å². The molecule has 0 aliphatic carbocycles. The molecule has 190 valence electrons. The van der Waals surface area contributed by atoms with E-state index in [9.17, 15) is 9.59 Å². The van der Waals surface area contributed by atoms with Crippen molar-refractivity contribution in [2.45, 2.75) is 52.7 Å². The quantitative estimate of drug-likeness (QED) is 0.466. The van der Waals surface area contributed by atoms with E-state index < -0.39 is 0 Å². The summed E-state index contributed by atoms with van der Waals surface area (Å²) >= 11 is 0. The van der Waals surface area contributed by atoms with E-state index in [-0.39, 0.29) is 17.2 Å². The van der Waals surface area contributed by atoms with Gasteiger partial charge in [-0.05, 0) is 34.2 Å². The standard InChI is InChI=1S/C30H37N3O3/c1-23(34)32-16-18-33(19-17-32)29(35)28-15-14-27(36-28)22-31(20-24-8-6-5-7-9-24)21-25-10-12-26(13-11-25)30(2,3)4/h5-15H,16-22H2,1-4H3. The fraction of sp³-hybridized carbons (Fsp3) is 0.400. The van der Waals surface area contributed by atoms with Crippen molar-refractivity contribution in [3.8, 4) is 0 Å². The summed E-state index contributed by atoms with van der Waals surface area (Å²) < 4.78 is 6.03. The van der Waals surface area contributed by atoms with Crippen LogP contribution in [-0.2, 0) is 29.8 Å². The van der Waals surface area contributed by atoms with Gasteiger partial charge in [0.15, 0.2) is 5.76 Å². The number of amides is 2. The molecule has 2 heterocycles. The number of carbonyl (C=O) groups is 2. The second-order valence-electron chi connectivity index (χ2n) is 10.6. The molecular weight excluding hydrogens is 450 g/mol. The molecule has 0 unspecified atom stereocenters. The van der Waals surface area contributed by atoms with Crippen LogP contribution >= 0.6 is 0 Å². The van der Waals surface area contributed by atoms with Crippen molar-refractivity contribution >= 4 is 11.8 Å². The van der Waals surface area contributed by atoms with Crippen molar-refractivity contribution in [2.24, 2.45) is 0 Å². The number of benzene rings is 2. The highest BCUT2D eigenvalue weighted by atomic mass is 16.4. The van der Waals surface area contributed by atoms with Crippen molar-refractivity contribution < 1.29 is 14.0 Å². The maximum atomic E-state index is 13.0. The molecule has 2 aromatic carbocycles. The van der Waals surface area contributed by atoms with Crippen LogP contribution in [0.25, 0.3) is 0 Å². The molecule has 0 saturated carbocycles. The van der Waals surface area contributed by atoms with Crippen LogP contribution in [-0.4, -0.2) is 52.7 Å². The van der Waals surface area contributed by atoms with Crippen molar-refractivity contribution in [2.75, 3.05) is 26.2 Å². The Labute approximate surface area is 214 Å². The first kappa shape index (κ1) is 25.7. The van der Waals surface area contributed by atoms with E-state index >= 15 is 0 Å². The zero-order valence-electron chi connectivity index (χ0n) is 21.9. The number of carbonyl (C=O) groups excluding carboxylic acids is 2. The second-order valence-corrected chi connectivity index (χ2v) is 10.6. The molecule has 6 nitrogen and oxygen atoms in total. The van der Waals surface area contributed by atoms with Gasteiger partial charge in [-0.15, -0.1) is 0 Å². The number of rotatable bonds is 7. The molecule has 0 atom stereocenters. The van der Waals surface area contributed by atoms with Gasteiger partial charge in [-0.3, -0.25) is 14.5 Å². The smallest absolute Gasteiger partial charge is 0.289 e. The van der Waals surface area contributed by atoms with E-state index in [1.807, 2.05) is 12.1 Å². The van der Waals surface area contributed by atoms with Crippen LogP contribution in [0.15, 0.2) is 71.1 Å². The van der Waals surface area contributed by atoms with Gasteiger partial charge in [0.05, 0.1) is 6.54 Å². The fourth-order valence-corrected chi connectivity index (χ4v) is 4.56. The summed E-state index contributed by atoms with van der Waals surface area (Å²) in [5, 5.41) is 0. The highest BCUT2D eigenvalue weighted by molar-refractivity contribution is 5.91. The van der Waals surface area contributed by atoms with Crippen LogP contribution < -0.4 is 0 Å². The molecule has 0 radical (unpaired) electrons. The molecule has 1 fully saturated rings. The lowest BCUT2D eigenvalue weighted by Gasteiger charge is -2.33. The van der Waals surface area contributed by atoms with E-state index in [1.54, 1.807) is 22.8 Å². The molecule has 6 heteroatoms. The maximum absolute atomic E-state index is 13.0. The van der Waals surface area contributed by atoms with E-state index in [4.69, 9.17) is 4.42 Å². The van der Waals surface area contributed by atoms with Crippen LogP contribution in [0.1, 0.15) is 60.7 Å². The van der Waals surface area contributed by atoms with E-state index in [0.717, 1.165) is 18.8 Å². The zero-order valence-corrected chi connectivity index (χ0v) is 21.9. The summed E-state index contributed by atoms with van der Waals surface area (Å²) in [7, 11) is 0. The van der Waals surface area contributed by atoms with Crippen LogP contribution in [0, 0.1) is 0 Å². The third kappa shape index (κ3) is 6.64. The van der Waals surface area contributed by atoms with E-state index in [2.05, 4.69) is 74.2 Å². The van der Waals surface area contributed by atoms with Crippen LogP contribution in [0.5, 0.6) is 0 Å². The molecule has 1 saturated heterocycles. The predicted octanol–water partition coefficient (Wildman–Crippen LogP) is 5.08. The molecule has 1 aromatic heterocycles. The van der Waals surface area contributed by atoms with Gasteiger partial charge in [0.25, 0.3) is 5.91 Å². The normalized spacial score (nSPS) is 14.4. The summed E-state index contributed by atoms with van der Waals surface area (Å²) in [6, 6.07) is 22.9. The average molecular weight is 488 g/mol. The Bertz CT molecular complexity index is 1150. The number of hydrogen-bond donors (Lipinski definition) is 0. The third-order valence-corrected chi connectivity index (χ3v) is 6.74. The first-order valence-electron chi connectivity index (χ1n) is 12.7. The Kier molecular flexibility index (Phi) is 7.94. The summed E-state index contributed by atoms with van der Waals surface area (Å²) in [6.07, 6.45) is 0. The minimum Gasteiger partial charge on any atom is -0.455 e. The van der Waals surface area contributed by atoms with Crippen LogP contribution in [0.2, 0.25) is 0 Å². The molecule has 0 spiro atoms. The van der Waals surface area contributed by atoms with Gasteiger partial charge < -0.3 is 14.2 Å². The number of hydrogen-bond acceptors (Lipinski definition) is 4. The summed E-state index contributed by atoms with van der Waals surface area (Å²) in [5.74, 6) is 1.06. The first-order valence-corrected chi connectivity index (χ1v) is 12.7. The molecule has 4 rings (SSSR count). The monoisotopic (exact) mass is 487 g/mol. The number of furan rings is 1. The van der Waals surface area contributed by atoms with E-state index in [1.165, 1.54) is 16.7 Å². The van der Waals surface area contributed by atoms with Gasteiger partial charge in [-0.1, -0.05) is 75.4 Å². The van der Waals surface area contributed by atoms with Crippen molar-refractivity contribution in [3.63, 3.8) is 0 Å². The van der Waals surface area contributed by atoms with Crippen molar-refractivity contribution in [1.29, 1.82) is 0 Å². The minimum absolute atomic E-state index is 0.0499. The van der Waals surface area contributed by atoms with Gasteiger partial charge in [0.2, 0.25) is 5.91 Å². The van der Waals surface area contributed by atoms with Gasteiger partial charge in [0, 0.05) is 46.2 Å². The van der Waals surface area contributed by atoms with Crippen LogP contribution in [0.4, 0.5) is 0 Å². The average Bonchev–Trinajstić information content (AvgIpc) is 3.32. The number of nitrogens with zero attached hydrogens (tertiary/aromatic N) is 3. The van der Waals surface area contributed by atoms with Gasteiger partial charge in [0.1, 0.15) is 5.76 Å². The lowest BCUT2D eigenvalue weighted by molar-refractivity contribution is -0.130. The molecule has 0 N–H and O–H groups in total. The van der Waals surface area contributed by atoms with Crippen LogP contribution in [0.3, 0.4) is 0 Å². The highest BCUT2D eigenvalue weighted by Gasteiger charge is 2.25. The SMILES string of the molecule is CC(=O)N1CCN(C(=O)c2ccc(CN(Cc3ccccc3)Cc3ccc(C(C)(C)C)cc3)o2)CC1. The topological polar surface area (TPSA) is 57.0 Å². The number of piperazine rings is 1. The second kappa shape index (κ2) is 11.1. The fourth-order valence-electron chi connectivity index (χ4n) is 4.56. The Morgan fingerprint density at radius 3 is 1.94 bits per heavy atom. The van der Waals surface area contributed by atoms with Crippen molar-refractivity contribution in [1.82, 2.24) is 14.7 Å². The summed E-state index contributed by atoms with van der Waals surface area (Å²) in [4.78, 5) is 30.4. The molecular formula is C30H37N3O3.